The summed E-state index contributed by atoms with van der Waals surface area (Å²) in [5.41, 5.74) is 12.7. The van der Waals surface area contributed by atoms with Crippen molar-refractivity contribution in [2.75, 3.05) is 0 Å². The maximum absolute atomic E-state index is 4.87. The molecule has 3 aromatic heterocycles. The number of rotatable bonds is 5. The molecule has 0 amide bonds. The zero-order valence-electron chi connectivity index (χ0n) is 31.2. The van der Waals surface area contributed by atoms with E-state index in [1.54, 1.807) is 6.33 Å². The van der Waals surface area contributed by atoms with E-state index in [1.165, 1.54) is 79.3 Å². The highest BCUT2D eigenvalue weighted by Gasteiger charge is 2.15. The number of thiophene rings is 2. The lowest BCUT2D eigenvalue weighted by Gasteiger charge is -2.12. The van der Waals surface area contributed by atoms with Gasteiger partial charge in [-0.05, 0) is 92.4 Å². The fourth-order valence-corrected chi connectivity index (χ4v) is 11.3. The highest BCUT2D eigenvalue weighted by atomic mass is 32.1. The molecule has 0 fully saturated rings. The van der Waals surface area contributed by atoms with Crippen LogP contribution in [0.15, 0.2) is 194 Å². The second kappa shape index (κ2) is 13.3. The van der Waals surface area contributed by atoms with Crippen LogP contribution in [0.3, 0.4) is 0 Å². The van der Waals surface area contributed by atoms with Gasteiger partial charge in [0, 0.05) is 56.7 Å². The van der Waals surface area contributed by atoms with Gasteiger partial charge in [-0.2, -0.15) is 0 Å². The lowest BCUT2D eigenvalue weighted by atomic mass is 9.94. The minimum atomic E-state index is 0.937. The van der Waals surface area contributed by atoms with E-state index in [4.69, 9.17) is 9.97 Å². The van der Waals surface area contributed by atoms with E-state index in [-0.39, 0.29) is 0 Å². The largest absolute Gasteiger partial charge is 0.236 e. The lowest BCUT2D eigenvalue weighted by Crippen LogP contribution is -1.91. The summed E-state index contributed by atoms with van der Waals surface area (Å²) in [5, 5.41) is 8.60. The Morgan fingerprint density at radius 1 is 0.310 bits per heavy atom. The number of fused-ring (bicyclic) bond motifs is 9. The van der Waals surface area contributed by atoms with Crippen molar-refractivity contribution in [3.05, 3.63) is 194 Å². The molecule has 12 rings (SSSR count). The first-order valence-electron chi connectivity index (χ1n) is 19.5. The van der Waals surface area contributed by atoms with Crippen LogP contribution in [0.25, 0.3) is 118 Å². The molecular formula is C54H32N2S2. The molecule has 0 saturated heterocycles. The minimum Gasteiger partial charge on any atom is -0.236 e. The third-order valence-corrected chi connectivity index (χ3v) is 14.0. The van der Waals surface area contributed by atoms with Gasteiger partial charge >= 0.3 is 0 Å². The Kier molecular flexibility index (Phi) is 7.62. The van der Waals surface area contributed by atoms with Crippen molar-refractivity contribution in [1.82, 2.24) is 9.97 Å². The van der Waals surface area contributed by atoms with Crippen LogP contribution in [0.1, 0.15) is 0 Å². The van der Waals surface area contributed by atoms with E-state index in [9.17, 15) is 0 Å². The van der Waals surface area contributed by atoms with Crippen LogP contribution in [-0.2, 0) is 0 Å². The first-order chi connectivity index (χ1) is 28.7. The Hall–Kier alpha value is -6.98. The van der Waals surface area contributed by atoms with Crippen LogP contribution in [0.2, 0.25) is 0 Å². The molecule has 0 aliphatic heterocycles. The van der Waals surface area contributed by atoms with Crippen molar-refractivity contribution in [1.29, 1.82) is 0 Å². The van der Waals surface area contributed by atoms with E-state index in [0.717, 1.165) is 38.5 Å². The first kappa shape index (κ1) is 33.2. The summed E-state index contributed by atoms with van der Waals surface area (Å²) < 4.78 is 5.31. The van der Waals surface area contributed by atoms with Gasteiger partial charge in [0.05, 0.1) is 11.2 Å². The smallest absolute Gasteiger partial charge is 0.116 e. The summed E-state index contributed by atoms with van der Waals surface area (Å²) in [4.78, 5) is 9.72. The summed E-state index contributed by atoms with van der Waals surface area (Å²) in [6.07, 6.45) is 1.71. The predicted octanol–water partition coefficient (Wildman–Crippen LogP) is 15.9. The molecule has 0 unspecified atom stereocenters. The van der Waals surface area contributed by atoms with Gasteiger partial charge < -0.3 is 0 Å². The van der Waals surface area contributed by atoms with Crippen molar-refractivity contribution >= 4 is 84.7 Å². The Labute approximate surface area is 343 Å². The molecule has 4 heteroatoms. The fourth-order valence-electron chi connectivity index (χ4n) is 8.79. The van der Waals surface area contributed by atoms with Gasteiger partial charge in [-0.3, -0.25) is 0 Å². The van der Waals surface area contributed by atoms with Crippen molar-refractivity contribution < 1.29 is 0 Å². The van der Waals surface area contributed by atoms with Gasteiger partial charge in [-0.15, -0.1) is 22.7 Å². The standard InChI is InChI=1S/C54H32N2S2/c1-3-22-49-44(16-1)46-20-8-18-42(53(46)57-49)37-13-5-10-33(28-37)35-12-7-15-40(31-35)51-48-27-25-39-30-36(24-26-41(39)52(48)56-32-55-51)34-11-6-14-38(29-34)43-19-9-21-47-45-17-2-4-23-50(45)58-54(43)47/h1-32H. The molecule has 12 aromatic rings. The molecular weight excluding hydrogens is 741 g/mol. The molecule has 0 radical (unpaired) electrons. The monoisotopic (exact) mass is 772 g/mol. The molecule has 58 heavy (non-hydrogen) atoms. The Morgan fingerprint density at radius 2 is 0.793 bits per heavy atom. The molecule has 0 aliphatic rings. The van der Waals surface area contributed by atoms with Crippen LogP contribution in [0.4, 0.5) is 0 Å². The molecule has 0 spiro atoms. The number of aromatic nitrogens is 2. The molecule has 0 aliphatic carbocycles. The van der Waals surface area contributed by atoms with Crippen molar-refractivity contribution in [3.63, 3.8) is 0 Å². The van der Waals surface area contributed by atoms with Gasteiger partial charge in [0.25, 0.3) is 0 Å². The normalized spacial score (nSPS) is 11.8. The summed E-state index contributed by atoms with van der Waals surface area (Å²) in [7, 11) is 0. The predicted molar refractivity (Wildman–Crippen MR) is 250 cm³/mol. The van der Waals surface area contributed by atoms with Crippen molar-refractivity contribution in [2.24, 2.45) is 0 Å². The van der Waals surface area contributed by atoms with E-state index in [2.05, 4.69) is 188 Å². The highest BCUT2D eigenvalue weighted by molar-refractivity contribution is 7.26. The molecule has 0 saturated carbocycles. The maximum atomic E-state index is 4.87. The third kappa shape index (κ3) is 5.37. The summed E-state index contributed by atoms with van der Waals surface area (Å²) in [5.74, 6) is 0. The SMILES string of the molecule is c1cc(-c2cccc(-c3cccc4c3sc3ccccc34)c2)cc(-c2ncnc3c2ccc2cc(-c4cccc(-c5cccc6c5sc5ccccc56)c4)ccc23)c1. The molecule has 0 N–H and O–H groups in total. The number of nitrogens with zero attached hydrogens (tertiary/aromatic N) is 2. The topological polar surface area (TPSA) is 25.8 Å². The summed E-state index contributed by atoms with van der Waals surface area (Å²) in [6.45, 7) is 0. The molecule has 3 heterocycles. The average molecular weight is 773 g/mol. The highest BCUT2D eigenvalue weighted by Crippen LogP contribution is 2.43. The van der Waals surface area contributed by atoms with Crippen molar-refractivity contribution in [2.45, 2.75) is 0 Å². The van der Waals surface area contributed by atoms with Crippen LogP contribution in [-0.4, -0.2) is 9.97 Å². The Bertz CT molecular complexity index is 3590. The molecule has 9 aromatic carbocycles. The van der Waals surface area contributed by atoms with E-state index in [0.29, 0.717) is 0 Å². The fraction of sp³-hybridized carbons (Fsp3) is 0. The van der Waals surface area contributed by atoms with E-state index in [1.807, 2.05) is 22.7 Å². The van der Waals surface area contributed by atoms with Gasteiger partial charge in [0.1, 0.15) is 6.33 Å². The van der Waals surface area contributed by atoms with Crippen LogP contribution >= 0.6 is 22.7 Å². The first-order valence-corrected chi connectivity index (χ1v) is 21.2. The lowest BCUT2D eigenvalue weighted by molar-refractivity contribution is 1.23. The van der Waals surface area contributed by atoms with Gasteiger partial charge in [-0.1, -0.05) is 146 Å². The second-order valence-corrected chi connectivity index (χ2v) is 17.0. The van der Waals surface area contributed by atoms with E-state index >= 15 is 0 Å². The third-order valence-electron chi connectivity index (χ3n) is 11.6. The maximum Gasteiger partial charge on any atom is 0.116 e. The quantitative estimate of drug-likeness (QED) is 0.163. The zero-order chi connectivity index (χ0) is 38.2. The zero-order valence-corrected chi connectivity index (χ0v) is 32.8. The number of hydrogen-bond acceptors (Lipinski definition) is 4. The summed E-state index contributed by atoms with van der Waals surface area (Å²) >= 11 is 3.75. The van der Waals surface area contributed by atoms with Crippen LogP contribution < -0.4 is 0 Å². The van der Waals surface area contributed by atoms with E-state index < -0.39 is 0 Å². The van der Waals surface area contributed by atoms with Crippen LogP contribution in [0.5, 0.6) is 0 Å². The van der Waals surface area contributed by atoms with Crippen molar-refractivity contribution in [3.8, 4) is 55.8 Å². The number of hydrogen-bond donors (Lipinski definition) is 0. The molecule has 2 nitrogen and oxygen atoms in total. The van der Waals surface area contributed by atoms with Gasteiger partial charge in [-0.25, -0.2) is 9.97 Å². The second-order valence-electron chi connectivity index (χ2n) is 14.9. The molecule has 0 bridgehead atoms. The summed E-state index contributed by atoms with van der Waals surface area (Å²) in [6, 6.07) is 68.6. The Morgan fingerprint density at radius 3 is 1.41 bits per heavy atom. The van der Waals surface area contributed by atoms with Gasteiger partial charge in [0.2, 0.25) is 0 Å². The Balaban J connectivity index is 0.894. The average Bonchev–Trinajstić information content (AvgIpc) is 3.87. The number of benzene rings is 9. The molecule has 0 atom stereocenters. The molecule has 270 valence electrons. The van der Waals surface area contributed by atoms with Gasteiger partial charge in [0.15, 0.2) is 0 Å². The minimum absolute atomic E-state index is 0.937. The van der Waals surface area contributed by atoms with Crippen LogP contribution in [0, 0.1) is 0 Å².